The van der Waals surface area contributed by atoms with Crippen LogP contribution in [-0.2, 0) is 0 Å². The number of likely N-dealkylation sites (N-methyl/N-ethyl adjacent to an activating group) is 1. The van der Waals surface area contributed by atoms with Gasteiger partial charge in [-0.3, -0.25) is 4.79 Å². The zero-order valence-corrected chi connectivity index (χ0v) is 10.3. The van der Waals surface area contributed by atoms with Crippen molar-refractivity contribution in [2.45, 2.75) is 0 Å². The fourth-order valence-electron chi connectivity index (χ4n) is 1.94. The molecule has 1 aromatic rings. The van der Waals surface area contributed by atoms with Gasteiger partial charge in [-0.2, -0.15) is 0 Å². The lowest BCUT2D eigenvalue weighted by atomic mass is 10.1. The molecule has 0 radical (unpaired) electrons. The van der Waals surface area contributed by atoms with E-state index in [2.05, 4.69) is 14.9 Å². The second-order valence-electron chi connectivity index (χ2n) is 4.34. The van der Waals surface area contributed by atoms with Gasteiger partial charge < -0.3 is 9.80 Å². The molecule has 0 saturated carbocycles. The first-order chi connectivity index (χ1) is 8.70. The van der Waals surface area contributed by atoms with Crippen LogP contribution in [0.2, 0.25) is 0 Å². The number of hydrogen-bond acceptors (Lipinski definition) is 3. The maximum atomic E-state index is 12.2. The van der Waals surface area contributed by atoms with Crippen LogP contribution in [0, 0.1) is 0 Å². The molecule has 6 heteroatoms. The van der Waals surface area contributed by atoms with Gasteiger partial charge in [0, 0.05) is 42.3 Å². The SMILES string of the molecule is CN1CCN(C(=O)c2cccc(N=[N+]=[N-])c2)CC1. The highest BCUT2D eigenvalue weighted by atomic mass is 16.2. The summed E-state index contributed by atoms with van der Waals surface area (Å²) in [7, 11) is 2.05. The Kier molecular flexibility index (Phi) is 3.82. The predicted molar refractivity (Wildman–Crippen MR) is 68.6 cm³/mol. The smallest absolute Gasteiger partial charge is 0.253 e. The molecule has 0 N–H and O–H groups in total. The van der Waals surface area contributed by atoms with Crippen molar-refractivity contribution in [1.29, 1.82) is 0 Å². The molecule has 0 spiro atoms. The Labute approximate surface area is 105 Å². The first kappa shape index (κ1) is 12.4. The van der Waals surface area contributed by atoms with E-state index in [1.54, 1.807) is 24.3 Å². The number of carbonyl (C=O) groups excluding carboxylic acids is 1. The van der Waals surface area contributed by atoms with Crippen molar-refractivity contribution in [2.24, 2.45) is 5.11 Å². The lowest BCUT2D eigenvalue weighted by molar-refractivity contribution is 0.0664. The summed E-state index contributed by atoms with van der Waals surface area (Å²) in [5.41, 5.74) is 9.43. The molecule has 94 valence electrons. The Hall–Kier alpha value is -2.04. The van der Waals surface area contributed by atoms with Gasteiger partial charge in [-0.05, 0) is 24.7 Å². The van der Waals surface area contributed by atoms with Crippen molar-refractivity contribution in [3.8, 4) is 0 Å². The van der Waals surface area contributed by atoms with Crippen LogP contribution in [0.3, 0.4) is 0 Å². The zero-order chi connectivity index (χ0) is 13.0. The molecule has 6 nitrogen and oxygen atoms in total. The Bertz CT molecular complexity index is 487. The van der Waals surface area contributed by atoms with E-state index in [-0.39, 0.29) is 5.91 Å². The highest BCUT2D eigenvalue weighted by molar-refractivity contribution is 5.95. The number of benzene rings is 1. The van der Waals surface area contributed by atoms with Crippen molar-refractivity contribution in [3.05, 3.63) is 40.3 Å². The molecule has 1 heterocycles. The molecule has 1 amide bonds. The largest absolute Gasteiger partial charge is 0.336 e. The van der Waals surface area contributed by atoms with Crippen molar-refractivity contribution in [3.63, 3.8) is 0 Å². The maximum Gasteiger partial charge on any atom is 0.253 e. The minimum absolute atomic E-state index is 0.00177. The topological polar surface area (TPSA) is 72.3 Å². The highest BCUT2D eigenvalue weighted by Gasteiger charge is 2.20. The van der Waals surface area contributed by atoms with Gasteiger partial charge in [0.15, 0.2) is 0 Å². The van der Waals surface area contributed by atoms with Crippen molar-refractivity contribution in [2.75, 3.05) is 33.2 Å². The summed E-state index contributed by atoms with van der Waals surface area (Å²) in [6.07, 6.45) is 0. The molecule has 0 atom stereocenters. The lowest BCUT2D eigenvalue weighted by Crippen LogP contribution is -2.47. The van der Waals surface area contributed by atoms with Gasteiger partial charge in [-0.15, -0.1) is 0 Å². The molecule has 1 saturated heterocycles. The van der Waals surface area contributed by atoms with Crippen LogP contribution in [0.5, 0.6) is 0 Å². The molecule has 0 aliphatic carbocycles. The molecule has 0 bridgehead atoms. The van der Waals surface area contributed by atoms with Gasteiger partial charge in [0.2, 0.25) is 0 Å². The van der Waals surface area contributed by atoms with E-state index in [1.165, 1.54) is 0 Å². The van der Waals surface area contributed by atoms with Gasteiger partial charge in [0.1, 0.15) is 0 Å². The second-order valence-corrected chi connectivity index (χ2v) is 4.34. The van der Waals surface area contributed by atoms with E-state index >= 15 is 0 Å². The van der Waals surface area contributed by atoms with Crippen LogP contribution >= 0.6 is 0 Å². The van der Waals surface area contributed by atoms with Crippen LogP contribution in [0.25, 0.3) is 10.4 Å². The number of amides is 1. The van der Waals surface area contributed by atoms with Crippen molar-refractivity contribution in [1.82, 2.24) is 9.80 Å². The van der Waals surface area contributed by atoms with Gasteiger partial charge in [-0.25, -0.2) is 0 Å². The minimum Gasteiger partial charge on any atom is -0.336 e. The number of rotatable bonds is 2. The lowest BCUT2D eigenvalue weighted by Gasteiger charge is -2.32. The van der Waals surface area contributed by atoms with E-state index in [1.807, 2.05) is 11.9 Å². The summed E-state index contributed by atoms with van der Waals surface area (Å²) >= 11 is 0. The third-order valence-electron chi connectivity index (χ3n) is 3.04. The van der Waals surface area contributed by atoms with E-state index < -0.39 is 0 Å². The Morgan fingerprint density at radius 2 is 2.06 bits per heavy atom. The minimum atomic E-state index is -0.00177. The summed E-state index contributed by atoms with van der Waals surface area (Å²) in [6.45, 7) is 3.26. The number of nitrogens with zero attached hydrogens (tertiary/aromatic N) is 5. The van der Waals surface area contributed by atoms with Crippen molar-refractivity contribution < 1.29 is 4.79 Å². The van der Waals surface area contributed by atoms with Crippen LogP contribution in [-0.4, -0.2) is 48.9 Å². The Balaban J connectivity index is 2.13. The molecule has 18 heavy (non-hydrogen) atoms. The van der Waals surface area contributed by atoms with Crippen LogP contribution in [0.15, 0.2) is 29.4 Å². The van der Waals surface area contributed by atoms with E-state index in [0.717, 1.165) is 26.2 Å². The summed E-state index contributed by atoms with van der Waals surface area (Å²) in [5.74, 6) is -0.00177. The molecule has 1 aliphatic rings. The Morgan fingerprint density at radius 1 is 1.33 bits per heavy atom. The van der Waals surface area contributed by atoms with Crippen molar-refractivity contribution >= 4 is 11.6 Å². The van der Waals surface area contributed by atoms with E-state index in [0.29, 0.717) is 11.3 Å². The maximum absolute atomic E-state index is 12.2. The van der Waals surface area contributed by atoms with Crippen LogP contribution < -0.4 is 0 Å². The standard InChI is InChI=1S/C12H15N5O/c1-16-5-7-17(8-6-16)12(18)10-3-2-4-11(9-10)14-15-13/h2-4,9H,5-8H2,1H3. The average Bonchev–Trinajstić information content (AvgIpc) is 2.39. The molecule has 1 fully saturated rings. The zero-order valence-electron chi connectivity index (χ0n) is 10.3. The molecule has 2 rings (SSSR count). The third kappa shape index (κ3) is 2.80. The molecular weight excluding hydrogens is 230 g/mol. The van der Waals surface area contributed by atoms with E-state index in [4.69, 9.17) is 5.53 Å². The highest BCUT2D eigenvalue weighted by Crippen LogP contribution is 2.16. The summed E-state index contributed by atoms with van der Waals surface area (Å²) in [5, 5.41) is 3.51. The predicted octanol–water partition coefficient (Wildman–Crippen LogP) is 2.02. The van der Waals surface area contributed by atoms with E-state index in [9.17, 15) is 4.79 Å². The fraction of sp³-hybridized carbons (Fsp3) is 0.417. The summed E-state index contributed by atoms with van der Waals surface area (Å²) in [4.78, 5) is 19.0. The third-order valence-corrected chi connectivity index (χ3v) is 3.04. The van der Waals surface area contributed by atoms with Gasteiger partial charge in [0.25, 0.3) is 5.91 Å². The number of carbonyl (C=O) groups is 1. The summed E-state index contributed by atoms with van der Waals surface area (Å²) in [6, 6.07) is 6.78. The molecule has 1 aromatic carbocycles. The first-order valence-corrected chi connectivity index (χ1v) is 5.83. The van der Waals surface area contributed by atoms with Crippen LogP contribution in [0.1, 0.15) is 10.4 Å². The number of hydrogen-bond donors (Lipinski definition) is 0. The quantitative estimate of drug-likeness (QED) is 0.454. The second kappa shape index (κ2) is 5.53. The molecular formula is C12H15N5O. The van der Waals surface area contributed by atoms with Gasteiger partial charge in [0.05, 0.1) is 0 Å². The number of piperazine rings is 1. The first-order valence-electron chi connectivity index (χ1n) is 5.83. The fourth-order valence-corrected chi connectivity index (χ4v) is 1.94. The molecule has 0 unspecified atom stereocenters. The van der Waals surface area contributed by atoms with Gasteiger partial charge in [-0.1, -0.05) is 17.2 Å². The molecule has 0 aromatic heterocycles. The van der Waals surface area contributed by atoms with Crippen LogP contribution in [0.4, 0.5) is 5.69 Å². The van der Waals surface area contributed by atoms with Gasteiger partial charge >= 0.3 is 0 Å². The average molecular weight is 245 g/mol. The number of azide groups is 1. The Morgan fingerprint density at radius 3 is 2.72 bits per heavy atom. The summed E-state index contributed by atoms with van der Waals surface area (Å²) < 4.78 is 0. The molecule has 1 aliphatic heterocycles. The normalized spacial score (nSPS) is 16.2. The monoisotopic (exact) mass is 245 g/mol.